The van der Waals surface area contributed by atoms with Crippen molar-refractivity contribution < 1.29 is 0 Å². The Hall–Kier alpha value is -1.35. The smallest absolute Gasteiger partial charge is 0.222 e. The highest BCUT2D eigenvalue weighted by atomic mass is 35.5. The SMILES string of the molecule is Nc1ccc2cnc(Cl)nc2c1. The van der Waals surface area contributed by atoms with Crippen molar-refractivity contribution in [3.8, 4) is 0 Å². The average Bonchev–Trinajstić information content (AvgIpc) is 2.03. The quantitative estimate of drug-likeness (QED) is 0.496. The maximum absolute atomic E-state index is 5.61. The summed E-state index contributed by atoms with van der Waals surface area (Å²) in [6.45, 7) is 0. The molecule has 60 valence electrons. The summed E-state index contributed by atoms with van der Waals surface area (Å²) in [4.78, 5) is 7.86. The number of benzene rings is 1. The summed E-state index contributed by atoms with van der Waals surface area (Å²) < 4.78 is 0. The fourth-order valence-corrected chi connectivity index (χ4v) is 1.16. The van der Waals surface area contributed by atoms with Gasteiger partial charge in [-0.2, -0.15) is 0 Å². The Bertz CT molecular complexity index is 391. The van der Waals surface area contributed by atoms with Gasteiger partial charge in [0, 0.05) is 17.3 Å². The van der Waals surface area contributed by atoms with Crippen LogP contribution in [0, 0.1) is 0 Å². The third-order valence-corrected chi connectivity index (χ3v) is 1.76. The summed E-state index contributed by atoms with van der Waals surface area (Å²) in [5.74, 6) is 0. The molecule has 2 rings (SSSR count). The van der Waals surface area contributed by atoms with E-state index in [-0.39, 0.29) is 5.28 Å². The van der Waals surface area contributed by atoms with E-state index in [1.54, 1.807) is 18.3 Å². The molecule has 0 aliphatic rings. The van der Waals surface area contributed by atoms with E-state index in [0.717, 1.165) is 10.9 Å². The number of rotatable bonds is 0. The van der Waals surface area contributed by atoms with Gasteiger partial charge in [0.1, 0.15) is 0 Å². The van der Waals surface area contributed by atoms with Crippen LogP contribution in [0.3, 0.4) is 0 Å². The van der Waals surface area contributed by atoms with Gasteiger partial charge in [0.25, 0.3) is 0 Å². The van der Waals surface area contributed by atoms with Crippen LogP contribution in [0.5, 0.6) is 0 Å². The van der Waals surface area contributed by atoms with Crippen molar-refractivity contribution in [2.45, 2.75) is 0 Å². The van der Waals surface area contributed by atoms with E-state index in [1.807, 2.05) is 6.07 Å². The van der Waals surface area contributed by atoms with Gasteiger partial charge in [-0.25, -0.2) is 9.97 Å². The second kappa shape index (κ2) is 2.60. The molecule has 0 radical (unpaired) electrons. The number of halogens is 1. The molecular weight excluding hydrogens is 174 g/mol. The minimum Gasteiger partial charge on any atom is -0.399 e. The van der Waals surface area contributed by atoms with Crippen molar-refractivity contribution in [1.29, 1.82) is 0 Å². The number of nitrogen functional groups attached to an aromatic ring is 1. The van der Waals surface area contributed by atoms with Crippen LogP contribution in [0.4, 0.5) is 5.69 Å². The highest BCUT2D eigenvalue weighted by Crippen LogP contribution is 2.15. The first-order valence-electron chi connectivity index (χ1n) is 3.43. The zero-order valence-corrected chi connectivity index (χ0v) is 6.92. The van der Waals surface area contributed by atoms with Gasteiger partial charge in [0.15, 0.2) is 0 Å². The summed E-state index contributed by atoms with van der Waals surface area (Å²) in [7, 11) is 0. The number of hydrogen-bond donors (Lipinski definition) is 1. The Morgan fingerprint density at radius 3 is 3.00 bits per heavy atom. The lowest BCUT2D eigenvalue weighted by Gasteiger charge is -1.97. The van der Waals surface area contributed by atoms with Crippen LogP contribution in [0.15, 0.2) is 24.4 Å². The molecule has 1 aromatic carbocycles. The van der Waals surface area contributed by atoms with Gasteiger partial charge >= 0.3 is 0 Å². The number of anilines is 1. The monoisotopic (exact) mass is 179 g/mol. The number of nitrogens with two attached hydrogens (primary N) is 1. The molecule has 0 saturated heterocycles. The Morgan fingerprint density at radius 1 is 1.33 bits per heavy atom. The highest BCUT2D eigenvalue weighted by Gasteiger charge is 1.96. The molecule has 0 aliphatic heterocycles. The molecule has 0 saturated carbocycles. The summed E-state index contributed by atoms with van der Waals surface area (Å²) >= 11 is 5.61. The van der Waals surface area contributed by atoms with Gasteiger partial charge in [-0.1, -0.05) is 0 Å². The molecule has 0 spiro atoms. The first kappa shape index (κ1) is 7.31. The Morgan fingerprint density at radius 2 is 2.17 bits per heavy atom. The van der Waals surface area contributed by atoms with E-state index in [2.05, 4.69) is 9.97 Å². The van der Waals surface area contributed by atoms with E-state index in [9.17, 15) is 0 Å². The van der Waals surface area contributed by atoms with E-state index >= 15 is 0 Å². The summed E-state index contributed by atoms with van der Waals surface area (Å²) in [5.41, 5.74) is 7.02. The van der Waals surface area contributed by atoms with Crippen LogP contribution in [0.2, 0.25) is 5.28 Å². The van der Waals surface area contributed by atoms with Crippen molar-refractivity contribution >= 4 is 28.2 Å². The first-order chi connectivity index (χ1) is 5.75. The second-order valence-electron chi connectivity index (χ2n) is 2.46. The summed E-state index contributed by atoms with van der Waals surface area (Å²) in [5, 5.41) is 1.18. The minimum atomic E-state index is 0.244. The second-order valence-corrected chi connectivity index (χ2v) is 2.80. The van der Waals surface area contributed by atoms with Crippen LogP contribution < -0.4 is 5.73 Å². The molecule has 2 aromatic rings. The standard InChI is InChI=1S/C8H6ClN3/c9-8-11-4-5-1-2-6(10)3-7(5)12-8/h1-4H,10H2. The fraction of sp³-hybridized carbons (Fsp3) is 0. The van der Waals surface area contributed by atoms with Crippen LogP contribution in [-0.2, 0) is 0 Å². The van der Waals surface area contributed by atoms with Gasteiger partial charge in [-0.05, 0) is 29.8 Å². The molecule has 0 unspecified atom stereocenters. The van der Waals surface area contributed by atoms with Gasteiger partial charge in [-0.15, -0.1) is 0 Å². The predicted octanol–water partition coefficient (Wildman–Crippen LogP) is 1.87. The predicted molar refractivity (Wildman–Crippen MR) is 49.0 cm³/mol. The Kier molecular flexibility index (Phi) is 1.59. The van der Waals surface area contributed by atoms with Gasteiger partial charge in [0.2, 0.25) is 5.28 Å². The molecule has 1 heterocycles. The number of nitrogens with zero attached hydrogens (tertiary/aromatic N) is 2. The first-order valence-corrected chi connectivity index (χ1v) is 3.81. The third kappa shape index (κ3) is 1.19. The molecule has 0 bridgehead atoms. The lowest BCUT2D eigenvalue weighted by atomic mass is 10.2. The molecule has 0 atom stereocenters. The van der Waals surface area contributed by atoms with Crippen molar-refractivity contribution in [2.24, 2.45) is 0 Å². The number of aromatic nitrogens is 2. The van der Waals surface area contributed by atoms with Gasteiger partial charge in [0.05, 0.1) is 5.52 Å². The molecule has 1 aromatic heterocycles. The molecule has 0 amide bonds. The average molecular weight is 180 g/mol. The van der Waals surface area contributed by atoms with Crippen molar-refractivity contribution in [1.82, 2.24) is 9.97 Å². The molecule has 4 heteroatoms. The molecule has 3 nitrogen and oxygen atoms in total. The summed E-state index contributed by atoms with van der Waals surface area (Å²) in [6.07, 6.45) is 1.67. The lowest BCUT2D eigenvalue weighted by molar-refractivity contribution is 1.22. The normalized spacial score (nSPS) is 10.4. The molecule has 2 N–H and O–H groups in total. The largest absolute Gasteiger partial charge is 0.399 e. The van der Waals surface area contributed by atoms with Crippen molar-refractivity contribution in [3.05, 3.63) is 29.7 Å². The zero-order chi connectivity index (χ0) is 8.55. The lowest BCUT2D eigenvalue weighted by Crippen LogP contribution is -1.87. The number of fused-ring (bicyclic) bond motifs is 1. The molecule has 0 aliphatic carbocycles. The zero-order valence-electron chi connectivity index (χ0n) is 6.16. The number of hydrogen-bond acceptors (Lipinski definition) is 3. The van der Waals surface area contributed by atoms with E-state index in [1.165, 1.54) is 0 Å². The van der Waals surface area contributed by atoms with E-state index in [0.29, 0.717) is 5.69 Å². The molecule has 12 heavy (non-hydrogen) atoms. The van der Waals surface area contributed by atoms with E-state index in [4.69, 9.17) is 17.3 Å². The van der Waals surface area contributed by atoms with Crippen LogP contribution in [-0.4, -0.2) is 9.97 Å². The van der Waals surface area contributed by atoms with Gasteiger partial charge < -0.3 is 5.73 Å². The Balaban J connectivity index is 2.80. The third-order valence-electron chi connectivity index (χ3n) is 1.58. The van der Waals surface area contributed by atoms with Crippen molar-refractivity contribution in [3.63, 3.8) is 0 Å². The van der Waals surface area contributed by atoms with Gasteiger partial charge in [-0.3, -0.25) is 0 Å². The molecule has 0 fully saturated rings. The van der Waals surface area contributed by atoms with E-state index < -0.39 is 0 Å². The maximum atomic E-state index is 5.61. The topological polar surface area (TPSA) is 51.8 Å². The Labute approximate surface area is 74.2 Å². The van der Waals surface area contributed by atoms with Crippen LogP contribution >= 0.6 is 11.6 Å². The highest BCUT2D eigenvalue weighted by molar-refractivity contribution is 6.28. The van der Waals surface area contributed by atoms with Crippen molar-refractivity contribution in [2.75, 3.05) is 5.73 Å². The maximum Gasteiger partial charge on any atom is 0.222 e. The van der Waals surface area contributed by atoms with Crippen LogP contribution in [0.25, 0.3) is 10.9 Å². The summed E-state index contributed by atoms with van der Waals surface area (Å²) in [6, 6.07) is 5.43. The fourth-order valence-electron chi connectivity index (χ4n) is 1.02. The minimum absolute atomic E-state index is 0.244. The molecular formula is C8H6ClN3. The van der Waals surface area contributed by atoms with Crippen LogP contribution in [0.1, 0.15) is 0 Å².